The number of hydrogen-bond donors (Lipinski definition) is 1. The maximum absolute atomic E-state index is 13.4. The van der Waals surface area contributed by atoms with Gasteiger partial charge in [-0.25, -0.2) is 8.42 Å². The van der Waals surface area contributed by atoms with Crippen molar-refractivity contribution < 1.29 is 26.3 Å². The molecule has 0 aliphatic carbocycles. The molecule has 0 unspecified atom stereocenters. The van der Waals surface area contributed by atoms with E-state index < -0.39 is 21.8 Å². The van der Waals surface area contributed by atoms with E-state index >= 15 is 0 Å². The van der Waals surface area contributed by atoms with Crippen molar-refractivity contribution in [2.75, 3.05) is 24.9 Å². The van der Waals surface area contributed by atoms with Crippen LogP contribution >= 0.6 is 0 Å². The van der Waals surface area contributed by atoms with Crippen LogP contribution in [0.3, 0.4) is 0 Å². The summed E-state index contributed by atoms with van der Waals surface area (Å²) in [6.07, 6.45) is -2.78. The number of alkyl halides is 3. The first-order valence-electron chi connectivity index (χ1n) is 9.76. The second-order valence-corrected chi connectivity index (χ2v) is 9.18. The molecule has 9 heteroatoms. The SMILES string of the molecule is CCCc1cccc(S(=O)(=O)Nc2ccc(C(F)(F)F)c(O[C@@H]3CCN(C)C3)c2)c1. The van der Waals surface area contributed by atoms with Gasteiger partial charge in [-0.2, -0.15) is 13.2 Å². The number of rotatable bonds is 7. The van der Waals surface area contributed by atoms with Crippen LogP contribution in [-0.4, -0.2) is 39.6 Å². The van der Waals surface area contributed by atoms with Crippen LogP contribution in [0, 0.1) is 0 Å². The lowest BCUT2D eigenvalue weighted by molar-refractivity contribution is -0.139. The van der Waals surface area contributed by atoms with Gasteiger partial charge in [0.2, 0.25) is 0 Å². The molecule has 3 rings (SSSR count). The molecule has 1 atom stereocenters. The zero-order chi connectivity index (χ0) is 21.9. The lowest BCUT2D eigenvalue weighted by atomic mass is 10.1. The molecule has 30 heavy (non-hydrogen) atoms. The Balaban J connectivity index is 1.88. The number of nitrogens with zero attached hydrogens (tertiary/aromatic N) is 1. The minimum atomic E-state index is -4.61. The van der Waals surface area contributed by atoms with E-state index in [1.165, 1.54) is 6.07 Å². The van der Waals surface area contributed by atoms with Crippen molar-refractivity contribution in [2.45, 2.75) is 43.4 Å². The highest BCUT2D eigenvalue weighted by Gasteiger charge is 2.36. The highest BCUT2D eigenvalue weighted by atomic mass is 32.2. The first-order valence-corrected chi connectivity index (χ1v) is 11.2. The third kappa shape index (κ3) is 5.46. The Hall–Kier alpha value is -2.26. The van der Waals surface area contributed by atoms with Crippen molar-refractivity contribution in [3.8, 4) is 5.75 Å². The summed E-state index contributed by atoms with van der Waals surface area (Å²) in [5, 5.41) is 0. The van der Waals surface area contributed by atoms with Crippen molar-refractivity contribution in [2.24, 2.45) is 0 Å². The van der Waals surface area contributed by atoms with Crippen LogP contribution in [0.1, 0.15) is 30.9 Å². The van der Waals surface area contributed by atoms with Crippen molar-refractivity contribution >= 4 is 15.7 Å². The number of likely N-dealkylation sites (tertiary alicyclic amines) is 1. The Morgan fingerprint density at radius 3 is 2.60 bits per heavy atom. The summed E-state index contributed by atoms with van der Waals surface area (Å²) < 4.78 is 73.8. The average Bonchev–Trinajstić information content (AvgIpc) is 3.06. The van der Waals surface area contributed by atoms with Gasteiger partial charge in [0.1, 0.15) is 11.9 Å². The molecule has 5 nitrogen and oxygen atoms in total. The number of sulfonamides is 1. The molecule has 1 aliphatic rings. The highest BCUT2D eigenvalue weighted by Crippen LogP contribution is 2.39. The van der Waals surface area contributed by atoms with E-state index in [1.807, 2.05) is 24.9 Å². The maximum Gasteiger partial charge on any atom is 0.419 e. The van der Waals surface area contributed by atoms with Crippen LogP contribution < -0.4 is 9.46 Å². The van der Waals surface area contributed by atoms with Crippen molar-refractivity contribution in [1.29, 1.82) is 0 Å². The molecule has 164 valence electrons. The quantitative estimate of drug-likeness (QED) is 0.684. The molecule has 2 aromatic rings. The van der Waals surface area contributed by atoms with Gasteiger partial charge in [0.15, 0.2) is 0 Å². The third-order valence-corrected chi connectivity index (χ3v) is 6.31. The van der Waals surface area contributed by atoms with E-state index in [0.717, 1.165) is 43.1 Å². The molecule has 0 spiro atoms. The molecule has 1 N–H and O–H groups in total. The lowest BCUT2D eigenvalue weighted by Gasteiger charge is -2.19. The molecular weight excluding hydrogens is 417 g/mol. The molecule has 1 saturated heterocycles. The molecule has 1 fully saturated rings. The van der Waals surface area contributed by atoms with Crippen LogP contribution in [0.2, 0.25) is 0 Å². The molecule has 0 radical (unpaired) electrons. The number of halogens is 3. The highest BCUT2D eigenvalue weighted by molar-refractivity contribution is 7.92. The van der Waals surface area contributed by atoms with Crippen LogP contribution in [0.4, 0.5) is 18.9 Å². The van der Waals surface area contributed by atoms with E-state index in [4.69, 9.17) is 4.74 Å². The summed E-state index contributed by atoms with van der Waals surface area (Å²) >= 11 is 0. The van der Waals surface area contributed by atoms with E-state index in [9.17, 15) is 21.6 Å². The number of anilines is 1. The van der Waals surface area contributed by atoms with Gasteiger partial charge in [0, 0.05) is 19.2 Å². The summed E-state index contributed by atoms with van der Waals surface area (Å²) in [5.41, 5.74) is -0.0302. The van der Waals surface area contributed by atoms with Gasteiger partial charge in [0.05, 0.1) is 16.1 Å². The Bertz CT molecular complexity index is 993. The van der Waals surface area contributed by atoms with E-state index in [1.54, 1.807) is 12.1 Å². The number of ether oxygens (including phenoxy) is 1. The Morgan fingerprint density at radius 2 is 1.97 bits per heavy atom. The van der Waals surface area contributed by atoms with Gasteiger partial charge < -0.3 is 9.64 Å². The monoisotopic (exact) mass is 442 g/mol. The Labute approximate surface area is 174 Å². The van der Waals surface area contributed by atoms with Crippen molar-refractivity contribution in [3.63, 3.8) is 0 Å². The first-order chi connectivity index (χ1) is 14.1. The fourth-order valence-corrected chi connectivity index (χ4v) is 4.58. The van der Waals surface area contributed by atoms with Crippen molar-refractivity contribution in [1.82, 2.24) is 4.90 Å². The fraction of sp³-hybridized carbons (Fsp3) is 0.429. The number of likely N-dealkylation sites (N-methyl/N-ethyl adjacent to an activating group) is 1. The molecule has 1 heterocycles. The van der Waals surface area contributed by atoms with Gasteiger partial charge in [-0.15, -0.1) is 0 Å². The first kappa shape index (κ1) is 22.4. The zero-order valence-electron chi connectivity index (χ0n) is 16.9. The van der Waals surface area contributed by atoms with Crippen molar-refractivity contribution in [3.05, 3.63) is 53.6 Å². The standard InChI is InChI=1S/C21H25F3N2O3S/c1-3-5-15-6-4-7-18(12-15)30(27,28)25-16-8-9-19(21(22,23)24)20(13-16)29-17-10-11-26(2)14-17/h4,6-9,12-13,17,25H,3,5,10-11,14H2,1-2H3/t17-/m1/s1. The fourth-order valence-electron chi connectivity index (χ4n) is 3.46. The molecule has 2 aromatic carbocycles. The second kappa shape index (κ2) is 8.85. The zero-order valence-corrected chi connectivity index (χ0v) is 17.7. The van der Waals surface area contributed by atoms with Gasteiger partial charge >= 0.3 is 6.18 Å². The number of hydrogen-bond acceptors (Lipinski definition) is 4. The summed E-state index contributed by atoms with van der Waals surface area (Å²) in [4.78, 5) is 2.03. The predicted molar refractivity (Wildman–Crippen MR) is 109 cm³/mol. The minimum absolute atomic E-state index is 0.0187. The Morgan fingerprint density at radius 1 is 1.20 bits per heavy atom. The van der Waals surface area contributed by atoms with E-state index in [-0.39, 0.29) is 22.4 Å². The van der Waals surface area contributed by atoms with Gasteiger partial charge in [0.25, 0.3) is 10.0 Å². The third-order valence-electron chi connectivity index (χ3n) is 4.93. The largest absolute Gasteiger partial charge is 0.488 e. The van der Waals surface area contributed by atoms with Crippen LogP contribution in [0.5, 0.6) is 5.75 Å². The molecule has 1 aliphatic heterocycles. The Kier molecular flexibility index (Phi) is 6.62. The minimum Gasteiger partial charge on any atom is -0.488 e. The van der Waals surface area contributed by atoms with Gasteiger partial charge in [-0.05, 0) is 49.7 Å². The molecular formula is C21H25F3N2O3S. The molecule has 0 aromatic heterocycles. The maximum atomic E-state index is 13.4. The van der Waals surface area contributed by atoms with Crippen LogP contribution in [-0.2, 0) is 22.6 Å². The number of nitrogens with one attached hydrogen (secondary N) is 1. The topological polar surface area (TPSA) is 58.6 Å². The van der Waals surface area contributed by atoms with Gasteiger partial charge in [-0.1, -0.05) is 25.5 Å². The van der Waals surface area contributed by atoms with Gasteiger partial charge in [-0.3, -0.25) is 4.72 Å². The second-order valence-electron chi connectivity index (χ2n) is 7.50. The van der Waals surface area contributed by atoms with E-state index in [0.29, 0.717) is 13.0 Å². The number of benzene rings is 2. The van der Waals surface area contributed by atoms with E-state index in [2.05, 4.69) is 4.72 Å². The average molecular weight is 443 g/mol. The summed E-state index contributed by atoms with van der Waals surface area (Å²) in [5.74, 6) is -0.372. The molecule has 0 amide bonds. The molecule has 0 bridgehead atoms. The smallest absolute Gasteiger partial charge is 0.419 e. The predicted octanol–water partition coefficient (Wildman–Crippen LogP) is 4.54. The summed E-state index contributed by atoms with van der Waals surface area (Å²) in [6, 6.07) is 9.57. The molecule has 0 saturated carbocycles. The number of aryl methyl sites for hydroxylation is 1. The van der Waals surface area contributed by atoms with Crippen LogP contribution in [0.15, 0.2) is 47.4 Å². The summed E-state index contributed by atoms with van der Waals surface area (Å²) in [6.45, 7) is 3.23. The van der Waals surface area contributed by atoms with Crippen LogP contribution in [0.25, 0.3) is 0 Å². The summed E-state index contributed by atoms with van der Waals surface area (Å²) in [7, 11) is -2.08. The lowest BCUT2D eigenvalue weighted by Crippen LogP contribution is -2.23. The normalized spacial score (nSPS) is 17.8.